The highest BCUT2D eigenvalue weighted by molar-refractivity contribution is 5.76. The van der Waals surface area contributed by atoms with Crippen molar-refractivity contribution in [3.63, 3.8) is 0 Å². The number of hydrogen-bond donors (Lipinski definition) is 1. The molecule has 0 aliphatic carbocycles. The fourth-order valence-electron chi connectivity index (χ4n) is 2.04. The summed E-state index contributed by atoms with van der Waals surface area (Å²) >= 11 is 0. The molecule has 0 bridgehead atoms. The summed E-state index contributed by atoms with van der Waals surface area (Å²) in [5.41, 5.74) is 0. The van der Waals surface area contributed by atoms with Crippen molar-refractivity contribution in [2.75, 3.05) is 19.6 Å². The Morgan fingerprint density at radius 2 is 1.93 bits per heavy atom. The second kappa shape index (κ2) is 6.83. The molecule has 1 rings (SSSR count). The number of nitrogens with zero attached hydrogens (tertiary/aromatic N) is 1. The Bertz CT molecular complexity index is 186. The molecule has 1 heterocycles. The SMILES string of the molecule is CC(C)NC(=O)CCCN1CCCCC1. The molecular formula is C12H24N2O. The molecular weight excluding hydrogens is 188 g/mol. The van der Waals surface area contributed by atoms with Gasteiger partial charge >= 0.3 is 0 Å². The van der Waals surface area contributed by atoms with Gasteiger partial charge in [0.05, 0.1) is 0 Å². The van der Waals surface area contributed by atoms with E-state index in [4.69, 9.17) is 0 Å². The van der Waals surface area contributed by atoms with Crippen LogP contribution in [0.3, 0.4) is 0 Å². The van der Waals surface area contributed by atoms with E-state index in [0.29, 0.717) is 6.42 Å². The normalized spacial score (nSPS) is 18.1. The first-order valence-corrected chi connectivity index (χ1v) is 6.20. The van der Waals surface area contributed by atoms with Crippen molar-refractivity contribution >= 4 is 5.91 Å². The van der Waals surface area contributed by atoms with Crippen LogP contribution in [-0.2, 0) is 4.79 Å². The molecule has 0 saturated carbocycles. The molecule has 0 aromatic carbocycles. The Hall–Kier alpha value is -0.570. The molecule has 0 unspecified atom stereocenters. The van der Waals surface area contributed by atoms with E-state index in [0.717, 1.165) is 13.0 Å². The maximum atomic E-state index is 11.4. The molecule has 0 aromatic heterocycles. The van der Waals surface area contributed by atoms with Crippen molar-refractivity contribution < 1.29 is 4.79 Å². The second-order valence-electron chi connectivity index (χ2n) is 4.73. The fraction of sp³-hybridized carbons (Fsp3) is 0.917. The molecule has 3 heteroatoms. The van der Waals surface area contributed by atoms with Crippen LogP contribution in [0.1, 0.15) is 46.0 Å². The number of rotatable bonds is 5. The summed E-state index contributed by atoms with van der Waals surface area (Å²) in [6.07, 6.45) is 5.72. The number of carbonyl (C=O) groups excluding carboxylic acids is 1. The van der Waals surface area contributed by atoms with Crippen LogP contribution in [0.25, 0.3) is 0 Å². The number of likely N-dealkylation sites (tertiary alicyclic amines) is 1. The van der Waals surface area contributed by atoms with Crippen LogP contribution in [0.4, 0.5) is 0 Å². The lowest BCUT2D eigenvalue weighted by atomic mass is 10.1. The Labute approximate surface area is 93.2 Å². The average molecular weight is 212 g/mol. The van der Waals surface area contributed by atoms with E-state index in [-0.39, 0.29) is 11.9 Å². The monoisotopic (exact) mass is 212 g/mol. The Kier molecular flexibility index (Phi) is 5.69. The number of carbonyl (C=O) groups is 1. The molecule has 1 fully saturated rings. The minimum atomic E-state index is 0.196. The third kappa shape index (κ3) is 5.78. The smallest absolute Gasteiger partial charge is 0.220 e. The fourth-order valence-corrected chi connectivity index (χ4v) is 2.04. The average Bonchev–Trinajstić information content (AvgIpc) is 2.18. The highest BCUT2D eigenvalue weighted by atomic mass is 16.1. The zero-order valence-electron chi connectivity index (χ0n) is 10.1. The standard InChI is InChI=1S/C12H24N2O/c1-11(2)13-12(15)7-6-10-14-8-4-3-5-9-14/h11H,3-10H2,1-2H3,(H,13,15). The molecule has 0 aromatic rings. The Balaban J connectivity index is 2.02. The number of amides is 1. The van der Waals surface area contributed by atoms with Crippen molar-refractivity contribution in [2.45, 2.75) is 52.0 Å². The molecule has 3 nitrogen and oxygen atoms in total. The molecule has 0 atom stereocenters. The quantitative estimate of drug-likeness (QED) is 0.753. The molecule has 1 amide bonds. The van der Waals surface area contributed by atoms with E-state index in [1.807, 2.05) is 13.8 Å². The van der Waals surface area contributed by atoms with Crippen molar-refractivity contribution in [1.82, 2.24) is 10.2 Å². The van der Waals surface area contributed by atoms with Gasteiger partial charge in [0.2, 0.25) is 5.91 Å². The van der Waals surface area contributed by atoms with Gasteiger partial charge < -0.3 is 10.2 Å². The summed E-state index contributed by atoms with van der Waals surface area (Å²) in [6.45, 7) is 7.55. The lowest BCUT2D eigenvalue weighted by Crippen LogP contribution is -2.33. The molecule has 0 radical (unpaired) electrons. The Morgan fingerprint density at radius 3 is 2.53 bits per heavy atom. The van der Waals surface area contributed by atoms with Crippen LogP contribution >= 0.6 is 0 Å². The van der Waals surface area contributed by atoms with Gasteiger partial charge in [0.15, 0.2) is 0 Å². The van der Waals surface area contributed by atoms with Crippen molar-refractivity contribution in [3.05, 3.63) is 0 Å². The predicted octanol–water partition coefficient (Wildman–Crippen LogP) is 1.78. The van der Waals surface area contributed by atoms with Crippen LogP contribution in [-0.4, -0.2) is 36.5 Å². The van der Waals surface area contributed by atoms with Gasteiger partial charge in [-0.2, -0.15) is 0 Å². The van der Waals surface area contributed by atoms with Crippen molar-refractivity contribution in [1.29, 1.82) is 0 Å². The van der Waals surface area contributed by atoms with Gasteiger partial charge in [0.25, 0.3) is 0 Å². The molecule has 88 valence electrons. The van der Waals surface area contributed by atoms with E-state index in [1.165, 1.54) is 32.4 Å². The van der Waals surface area contributed by atoms with Gasteiger partial charge in [-0.25, -0.2) is 0 Å². The lowest BCUT2D eigenvalue weighted by Gasteiger charge is -2.26. The van der Waals surface area contributed by atoms with Crippen LogP contribution in [0.2, 0.25) is 0 Å². The summed E-state index contributed by atoms with van der Waals surface area (Å²) in [7, 11) is 0. The Morgan fingerprint density at radius 1 is 1.27 bits per heavy atom. The maximum absolute atomic E-state index is 11.4. The van der Waals surface area contributed by atoms with Crippen LogP contribution < -0.4 is 5.32 Å². The van der Waals surface area contributed by atoms with E-state index >= 15 is 0 Å². The largest absolute Gasteiger partial charge is 0.354 e. The minimum Gasteiger partial charge on any atom is -0.354 e. The zero-order valence-corrected chi connectivity index (χ0v) is 10.1. The first kappa shape index (κ1) is 12.5. The van der Waals surface area contributed by atoms with Gasteiger partial charge in [-0.1, -0.05) is 6.42 Å². The van der Waals surface area contributed by atoms with E-state index in [1.54, 1.807) is 0 Å². The molecule has 0 spiro atoms. The van der Waals surface area contributed by atoms with Crippen LogP contribution in [0, 0.1) is 0 Å². The zero-order chi connectivity index (χ0) is 11.1. The summed E-state index contributed by atoms with van der Waals surface area (Å²) in [5, 5.41) is 2.92. The summed E-state index contributed by atoms with van der Waals surface area (Å²) in [5.74, 6) is 0.196. The van der Waals surface area contributed by atoms with Gasteiger partial charge in [-0.3, -0.25) is 4.79 Å². The van der Waals surface area contributed by atoms with Gasteiger partial charge in [0.1, 0.15) is 0 Å². The molecule has 1 aliphatic heterocycles. The molecule has 1 saturated heterocycles. The summed E-state index contributed by atoms with van der Waals surface area (Å²) < 4.78 is 0. The van der Waals surface area contributed by atoms with E-state index < -0.39 is 0 Å². The summed E-state index contributed by atoms with van der Waals surface area (Å²) in [4.78, 5) is 13.8. The van der Waals surface area contributed by atoms with E-state index in [2.05, 4.69) is 10.2 Å². The first-order valence-electron chi connectivity index (χ1n) is 6.20. The van der Waals surface area contributed by atoms with Crippen LogP contribution in [0.15, 0.2) is 0 Å². The van der Waals surface area contributed by atoms with Gasteiger partial charge in [-0.15, -0.1) is 0 Å². The third-order valence-corrected chi connectivity index (χ3v) is 2.78. The molecule has 1 N–H and O–H groups in total. The third-order valence-electron chi connectivity index (χ3n) is 2.78. The number of nitrogens with one attached hydrogen (secondary N) is 1. The van der Waals surface area contributed by atoms with Crippen LogP contribution in [0.5, 0.6) is 0 Å². The topological polar surface area (TPSA) is 32.3 Å². The minimum absolute atomic E-state index is 0.196. The second-order valence-corrected chi connectivity index (χ2v) is 4.73. The number of piperidine rings is 1. The van der Waals surface area contributed by atoms with Crippen molar-refractivity contribution in [2.24, 2.45) is 0 Å². The van der Waals surface area contributed by atoms with Gasteiger partial charge in [0, 0.05) is 12.5 Å². The highest BCUT2D eigenvalue weighted by Crippen LogP contribution is 2.09. The lowest BCUT2D eigenvalue weighted by molar-refractivity contribution is -0.121. The van der Waals surface area contributed by atoms with Crippen molar-refractivity contribution in [3.8, 4) is 0 Å². The highest BCUT2D eigenvalue weighted by Gasteiger charge is 2.10. The predicted molar refractivity (Wildman–Crippen MR) is 62.8 cm³/mol. The van der Waals surface area contributed by atoms with Gasteiger partial charge in [-0.05, 0) is 52.7 Å². The maximum Gasteiger partial charge on any atom is 0.220 e. The molecule has 1 aliphatic rings. The first-order chi connectivity index (χ1) is 7.18. The molecule has 15 heavy (non-hydrogen) atoms. The summed E-state index contributed by atoms with van der Waals surface area (Å²) in [6, 6.07) is 0.271. The van der Waals surface area contributed by atoms with E-state index in [9.17, 15) is 4.79 Å². The number of hydrogen-bond acceptors (Lipinski definition) is 2.